The number of hydrogen-bond acceptors (Lipinski definition) is 4. The first-order valence-corrected chi connectivity index (χ1v) is 7.83. The summed E-state index contributed by atoms with van der Waals surface area (Å²) >= 11 is 3.28. The van der Waals surface area contributed by atoms with Crippen LogP contribution in [0.1, 0.15) is 28.5 Å². The fraction of sp³-hybridized carbons (Fsp3) is 0.294. The summed E-state index contributed by atoms with van der Waals surface area (Å²) in [5, 5.41) is 0. The van der Waals surface area contributed by atoms with Crippen LogP contribution >= 0.6 is 15.9 Å². The van der Waals surface area contributed by atoms with Gasteiger partial charge in [0.2, 0.25) is 0 Å². The third kappa shape index (κ3) is 4.07. The molecule has 0 fully saturated rings. The van der Waals surface area contributed by atoms with Gasteiger partial charge in [0.1, 0.15) is 18.1 Å². The van der Waals surface area contributed by atoms with E-state index in [0.29, 0.717) is 23.7 Å². The molecule has 0 aliphatic rings. The van der Waals surface area contributed by atoms with Crippen molar-refractivity contribution < 1.29 is 14.3 Å². The third-order valence-electron chi connectivity index (χ3n) is 3.16. The van der Waals surface area contributed by atoms with Gasteiger partial charge in [0.15, 0.2) is 5.78 Å². The molecule has 116 valence electrons. The minimum atomic E-state index is -0.259. The van der Waals surface area contributed by atoms with Crippen LogP contribution in [0.3, 0.4) is 0 Å². The van der Waals surface area contributed by atoms with Crippen molar-refractivity contribution in [2.24, 2.45) is 0 Å². The Morgan fingerprint density at radius 3 is 2.68 bits per heavy atom. The molecular formula is C17H18BrNO3. The summed E-state index contributed by atoms with van der Waals surface area (Å²) in [6.45, 7) is 4.14. The number of rotatable bonds is 6. The van der Waals surface area contributed by atoms with Crippen LogP contribution < -0.4 is 9.47 Å². The van der Waals surface area contributed by atoms with E-state index in [1.807, 2.05) is 19.1 Å². The van der Waals surface area contributed by atoms with Gasteiger partial charge in [0.05, 0.1) is 23.2 Å². The van der Waals surface area contributed by atoms with E-state index < -0.39 is 0 Å². The third-order valence-corrected chi connectivity index (χ3v) is 3.57. The second-order valence-electron chi connectivity index (χ2n) is 4.96. The van der Waals surface area contributed by atoms with Crippen molar-refractivity contribution in [3.05, 3.63) is 53.3 Å². The number of aromatic nitrogens is 1. The number of Topliss-reactive ketones (excluding diaryl/α,β-unsaturated/α-hetero) is 1. The number of methoxy groups -OCH3 is 1. The van der Waals surface area contributed by atoms with Crippen LogP contribution in [0.5, 0.6) is 11.5 Å². The lowest BCUT2D eigenvalue weighted by Crippen LogP contribution is -2.11. The first-order valence-electron chi connectivity index (χ1n) is 6.92. The number of aryl methyl sites for hydroxylation is 1. The summed E-state index contributed by atoms with van der Waals surface area (Å²) < 4.78 is 11.0. The Hall–Kier alpha value is -1.88. The molecule has 0 saturated heterocycles. The number of benzene rings is 1. The van der Waals surface area contributed by atoms with E-state index in [4.69, 9.17) is 9.47 Å². The summed E-state index contributed by atoms with van der Waals surface area (Å²) in [4.78, 5) is 16.1. The molecule has 0 N–H and O–H groups in total. The number of hydrogen-bond donors (Lipinski definition) is 0. The Morgan fingerprint density at radius 1 is 1.32 bits per heavy atom. The van der Waals surface area contributed by atoms with Crippen molar-refractivity contribution in [3.8, 4) is 11.5 Å². The second kappa shape index (κ2) is 7.40. The molecule has 0 aliphatic heterocycles. The monoisotopic (exact) mass is 363 g/mol. The van der Waals surface area contributed by atoms with Gasteiger partial charge in [0, 0.05) is 12.3 Å². The van der Waals surface area contributed by atoms with E-state index in [1.54, 1.807) is 31.3 Å². The van der Waals surface area contributed by atoms with Crippen molar-refractivity contribution in [3.63, 3.8) is 0 Å². The number of pyridine rings is 1. The van der Waals surface area contributed by atoms with Gasteiger partial charge in [-0.25, -0.2) is 0 Å². The number of alkyl halides is 1. The molecule has 1 aromatic heterocycles. The lowest BCUT2D eigenvalue weighted by atomic mass is 10.1. The average Bonchev–Trinajstić information content (AvgIpc) is 2.53. The first-order chi connectivity index (χ1) is 10.5. The Bertz CT molecular complexity index is 653. The van der Waals surface area contributed by atoms with E-state index in [0.717, 1.165) is 11.3 Å². The largest absolute Gasteiger partial charge is 0.496 e. The molecule has 0 saturated carbocycles. The molecule has 1 aromatic carbocycles. The average molecular weight is 364 g/mol. The molecule has 0 radical (unpaired) electrons. The zero-order valence-electron chi connectivity index (χ0n) is 12.8. The number of ketones is 1. The number of nitrogens with zero attached hydrogens (tertiary/aromatic N) is 1. The van der Waals surface area contributed by atoms with Crippen molar-refractivity contribution in [1.29, 1.82) is 0 Å². The van der Waals surface area contributed by atoms with Crippen molar-refractivity contribution in [1.82, 2.24) is 4.98 Å². The van der Waals surface area contributed by atoms with Gasteiger partial charge < -0.3 is 9.47 Å². The predicted molar refractivity (Wildman–Crippen MR) is 89.0 cm³/mol. The molecule has 2 aromatic rings. The van der Waals surface area contributed by atoms with Gasteiger partial charge in [-0.2, -0.15) is 0 Å². The zero-order valence-corrected chi connectivity index (χ0v) is 14.4. The van der Waals surface area contributed by atoms with Crippen molar-refractivity contribution in [2.45, 2.75) is 25.3 Å². The molecule has 5 heteroatoms. The van der Waals surface area contributed by atoms with Gasteiger partial charge in [-0.3, -0.25) is 9.78 Å². The maximum absolute atomic E-state index is 12.1. The molecule has 0 aliphatic carbocycles. The van der Waals surface area contributed by atoms with Gasteiger partial charge in [-0.05, 0) is 37.6 Å². The summed E-state index contributed by atoms with van der Waals surface area (Å²) in [6.07, 6.45) is 1.80. The highest BCUT2D eigenvalue weighted by Crippen LogP contribution is 2.27. The van der Waals surface area contributed by atoms with Gasteiger partial charge in [-0.1, -0.05) is 22.0 Å². The second-order valence-corrected chi connectivity index (χ2v) is 6.33. The molecule has 1 unspecified atom stereocenters. The molecule has 4 nitrogen and oxygen atoms in total. The smallest absolute Gasteiger partial charge is 0.179 e. The normalized spacial score (nSPS) is 11.8. The van der Waals surface area contributed by atoms with E-state index >= 15 is 0 Å². The van der Waals surface area contributed by atoms with Crippen LogP contribution in [0.4, 0.5) is 0 Å². The zero-order chi connectivity index (χ0) is 16.1. The van der Waals surface area contributed by atoms with E-state index in [-0.39, 0.29) is 10.6 Å². The standard InChI is InChI=1S/C17H18BrNO3/c1-11-4-5-13(19-9-11)10-22-14-6-7-15(16(8-14)21-3)17(20)12(2)18/h4-9,12H,10H2,1-3H3. The van der Waals surface area contributed by atoms with Gasteiger partial charge in [-0.15, -0.1) is 0 Å². The topological polar surface area (TPSA) is 48.4 Å². The Morgan fingerprint density at radius 2 is 2.09 bits per heavy atom. The highest BCUT2D eigenvalue weighted by molar-refractivity contribution is 9.10. The van der Waals surface area contributed by atoms with Crippen LogP contribution in [0.15, 0.2) is 36.5 Å². The molecule has 0 bridgehead atoms. The molecule has 2 rings (SSSR count). The highest BCUT2D eigenvalue weighted by Gasteiger charge is 2.17. The van der Waals surface area contributed by atoms with E-state index in [1.165, 1.54) is 7.11 Å². The first kappa shape index (κ1) is 16.5. The fourth-order valence-electron chi connectivity index (χ4n) is 1.92. The number of halogens is 1. The molecule has 0 spiro atoms. The number of carbonyl (C=O) groups is 1. The SMILES string of the molecule is COc1cc(OCc2ccc(C)cn2)ccc1C(=O)C(C)Br. The van der Waals surface area contributed by atoms with Gasteiger partial charge in [0.25, 0.3) is 0 Å². The molecule has 0 amide bonds. The van der Waals surface area contributed by atoms with Crippen LogP contribution in [0, 0.1) is 6.92 Å². The minimum absolute atomic E-state index is 0.0244. The van der Waals surface area contributed by atoms with Crippen molar-refractivity contribution in [2.75, 3.05) is 7.11 Å². The maximum Gasteiger partial charge on any atom is 0.179 e. The van der Waals surface area contributed by atoms with E-state index in [9.17, 15) is 4.79 Å². The van der Waals surface area contributed by atoms with Crippen LogP contribution in [0.2, 0.25) is 0 Å². The predicted octanol–water partition coefficient (Wildman–Crippen LogP) is 3.94. The summed E-state index contributed by atoms with van der Waals surface area (Å²) in [5.41, 5.74) is 2.49. The highest BCUT2D eigenvalue weighted by atomic mass is 79.9. The molecule has 22 heavy (non-hydrogen) atoms. The lowest BCUT2D eigenvalue weighted by Gasteiger charge is -2.12. The summed E-state index contributed by atoms with van der Waals surface area (Å²) in [7, 11) is 1.54. The Kier molecular flexibility index (Phi) is 5.55. The molecule has 1 atom stereocenters. The lowest BCUT2D eigenvalue weighted by molar-refractivity contribution is 0.0993. The Labute approximate surface area is 138 Å². The minimum Gasteiger partial charge on any atom is -0.496 e. The van der Waals surface area contributed by atoms with Crippen molar-refractivity contribution >= 4 is 21.7 Å². The Balaban J connectivity index is 2.12. The van der Waals surface area contributed by atoms with Crippen LogP contribution in [-0.4, -0.2) is 22.7 Å². The number of carbonyl (C=O) groups excluding carboxylic acids is 1. The number of ether oxygens (including phenoxy) is 2. The van der Waals surface area contributed by atoms with E-state index in [2.05, 4.69) is 20.9 Å². The summed E-state index contributed by atoms with van der Waals surface area (Å²) in [6, 6.07) is 9.12. The van der Waals surface area contributed by atoms with Gasteiger partial charge >= 0.3 is 0 Å². The summed E-state index contributed by atoms with van der Waals surface area (Å²) in [5.74, 6) is 1.12. The van der Waals surface area contributed by atoms with Crippen LogP contribution in [0.25, 0.3) is 0 Å². The van der Waals surface area contributed by atoms with Crippen LogP contribution in [-0.2, 0) is 6.61 Å². The molecular weight excluding hydrogens is 346 g/mol. The maximum atomic E-state index is 12.1. The quantitative estimate of drug-likeness (QED) is 0.575. The fourth-order valence-corrected chi connectivity index (χ4v) is 2.17. The molecule has 1 heterocycles.